The van der Waals surface area contributed by atoms with Crippen molar-refractivity contribution in [3.05, 3.63) is 36.4 Å². The maximum atomic E-state index is 5.94. The Kier molecular flexibility index (Phi) is 5.00. The number of benzene rings is 1. The fraction of sp³-hybridized carbons (Fsp3) is 0.385. The average molecular weight is 237 g/mol. The monoisotopic (exact) mass is 237 g/mol. The van der Waals surface area contributed by atoms with E-state index in [2.05, 4.69) is 6.58 Å². The van der Waals surface area contributed by atoms with Gasteiger partial charge in [-0.2, -0.15) is 0 Å². The van der Waals surface area contributed by atoms with Gasteiger partial charge in [-0.15, -0.1) is 6.58 Å². The summed E-state index contributed by atoms with van der Waals surface area (Å²) in [7, 11) is 3.19. The van der Waals surface area contributed by atoms with Crippen molar-refractivity contribution in [3.63, 3.8) is 0 Å². The number of methoxy groups -OCH3 is 2. The molecule has 1 aromatic rings. The third kappa shape index (κ3) is 3.76. The Balaban J connectivity index is 2.91. The van der Waals surface area contributed by atoms with Gasteiger partial charge in [-0.05, 0) is 19.1 Å². The number of hydrogen-bond acceptors (Lipinski definition) is 4. The van der Waals surface area contributed by atoms with Crippen LogP contribution >= 0.6 is 0 Å². The van der Waals surface area contributed by atoms with E-state index in [1.54, 1.807) is 26.4 Å². The second kappa shape index (κ2) is 6.27. The van der Waals surface area contributed by atoms with Gasteiger partial charge >= 0.3 is 0 Å². The largest absolute Gasteiger partial charge is 0.497 e. The van der Waals surface area contributed by atoms with Crippen LogP contribution in [0.3, 0.4) is 0 Å². The molecule has 0 amide bonds. The van der Waals surface area contributed by atoms with E-state index in [0.29, 0.717) is 11.5 Å². The smallest absolute Gasteiger partial charge is 0.132 e. The van der Waals surface area contributed by atoms with E-state index < -0.39 is 6.23 Å². The van der Waals surface area contributed by atoms with Crippen molar-refractivity contribution in [3.8, 4) is 11.5 Å². The Bertz CT molecular complexity index is 357. The van der Waals surface area contributed by atoms with Crippen molar-refractivity contribution in [2.45, 2.75) is 19.3 Å². The summed E-state index contributed by atoms with van der Waals surface area (Å²) < 4.78 is 15.9. The topological polar surface area (TPSA) is 53.7 Å². The molecule has 4 heteroatoms. The highest BCUT2D eigenvalue weighted by Crippen LogP contribution is 2.26. The van der Waals surface area contributed by atoms with E-state index in [-0.39, 0.29) is 6.10 Å². The van der Waals surface area contributed by atoms with E-state index in [4.69, 9.17) is 19.9 Å². The predicted molar refractivity (Wildman–Crippen MR) is 67.2 cm³/mol. The summed E-state index contributed by atoms with van der Waals surface area (Å²) in [5.41, 5.74) is 6.74. The highest BCUT2D eigenvalue weighted by molar-refractivity contribution is 5.39. The molecule has 1 aromatic carbocycles. The summed E-state index contributed by atoms with van der Waals surface area (Å²) in [5.74, 6) is 1.37. The van der Waals surface area contributed by atoms with Gasteiger partial charge in [-0.25, -0.2) is 0 Å². The van der Waals surface area contributed by atoms with Crippen molar-refractivity contribution in [1.29, 1.82) is 0 Å². The van der Waals surface area contributed by atoms with Gasteiger partial charge < -0.3 is 19.9 Å². The lowest BCUT2D eigenvalue weighted by atomic mass is 10.1. The Hall–Kier alpha value is -1.52. The van der Waals surface area contributed by atoms with Crippen LogP contribution in [0.5, 0.6) is 11.5 Å². The summed E-state index contributed by atoms with van der Waals surface area (Å²) in [6.45, 7) is 5.52. The van der Waals surface area contributed by atoms with Gasteiger partial charge in [0.15, 0.2) is 0 Å². The first-order valence-corrected chi connectivity index (χ1v) is 5.37. The minimum Gasteiger partial charge on any atom is -0.497 e. The van der Waals surface area contributed by atoms with Crippen LogP contribution in [0.15, 0.2) is 30.9 Å². The van der Waals surface area contributed by atoms with Gasteiger partial charge in [-0.1, -0.05) is 6.08 Å². The van der Waals surface area contributed by atoms with E-state index >= 15 is 0 Å². The van der Waals surface area contributed by atoms with Crippen molar-refractivity contribution in [2.75, 3.05) is 14.2 Å². The molecular weight excluding hydrogens is 218 g/mol. The number of rotatable bonds is 6. The number of ether oxygens (including phenoxy) is 3. The lowest BCUT2D eigenvalue weighted by Crippen LogP contribution is -2.19. The highest BCUT2D eigenvalue weighted by atomic mass is 16.5. The van der Waals surface area contributed by atoms with Gasteiger partial charge in [-0.3, -0.25) is 0 Å². The summed E-state index contributed by atoms with van der Waals surface area (Å²) in [6.07, 6.45) is 1.05. The molecule has 0 aliphatic heterocycles. The van der Waals surface area contributed by atoms with Crippen molar-refractivity contribution < 1.29 is 14.2 Å². The lowest BCUT2D eigenvalue weighted by Gasteiger charge is -2.18. The van der Waals surface area contributed by atoms with Crippen LogP contribution in [0.4, 0.5) is 0 Å². The summed E-state index contributed by atoms with van der Waals surface area (Å²) in [6, 6.07) is 5.43. The summed E-state index contributed by atoms with van der Waals surface area (Å²) >= 11 is 0. The zero-order valence-electron chi connectivity index (χ0n) is 10.5. The van der Waals surface area contributed by atoms with Gasteiger partial charge in [0.05, 0.1) is 20.3 Å². The zero-order valence-corrected chi connectivity index (χ0v) is 10.5. The molecule has 94 valence electrons. The quantitative estimate of drug-likeness (QED) is 0.609. The maximum absolute atomic E-state index is 5.94. The molecule has 0 aliphatic carbocycles. The van der Waals surface area contributed by atoms with Crippen LogP contribution in [0, 0.1) is 0 Å². The normalized spacial score (nSPS) is 13.9. The molecule has 0 spiro atoms. The minimum absolute atomic E-state index is 0.109. The Morgan fingerprint density at radius 2 is 1.71 bits per heavy atom. The lowest BCUT2D eigenvalue weighted by molar-refractivity contribution is 0.0256. The third-order valence-corrected chi connectivity index (χ3v) is 2.40. The average Bonchev–Trinajstić information content (AvgIpc) is 2.37. The molecule has 0 saturated carbocycles. The van der Waals surface area contributed by atoms with Gasteiger partial charge in [0, 0.05) is 11.6 Å². The van der Waals surface area contributed by atoms with Crippen LogP contribution in [0.2, 0.25) is 0 Å². The predicted octanol–water partition coefficient (Wildman–Crippen LogP) is 2.25. The van der Waals surface area contributed by atoms with Crippen LogP contribution in [-0.2, 0) is 4.74 Å². The Labute approximate surface area is 102 Å². The van der Waals surface area contributed by atoms with Gasteiger partial charge in [0.25, 0.3) is 0 Å². The fourth-order valence-electron chi connectivity index (χ4n) is 1.36. The molecule has 4 nitrogen and oxygen atoms in total. The van der Waals surface area contributed by atoms with Crippen molar-refractivity contribution in [2.24, 2.45) is 5.73 Å². The van der Waals surface area contributed by atoms with Crippen LogP contribution in [0.25, 0.3) is 0 Å². The number of hydrogen-bond donors (Lipinski definition) is 1. The molecule has 0 radical (unpaired) electrons. The van der Waals surface area contributed by atoms with Crippen molar-refractivity contribution >= 4 is 0 Å². The number of nitrogens with two attached hydrogens (primary N) is 1. The summed E-state index contributed by atoms with van der Waals surface area (Å²) in [4.78, 5) is 0. The van der Waals surface area contributed by atoms with E-state index in [9.17, 15) is 0 Å². The Morgan fingerprint density at radius 3 is 2.12 bits per heavy atom. The van der Waals surface area contributed by atoms with E-state index in [1.165, 1.54) is 0 Å². The molecular formula is C13H19NO3. The molecule has 0 heterocycles. The van der Waals surface area contributed by atoms with E-state index in [0.717, 1.165) is 5.56 Å². The molecule has 0 bridgehead atoms. The standard InChI is InChI=1S/C13H19NO3/c1-5-9(2)17-13(14)10-6-11(15-3)8-12(7-10)16-4/h5-9,13H,1,14H2,2-4H3. The second-order valence-electron chi connectivity index (χ2n) is 3.64. The molecule has 0 saturated heterocycles. The van der Waals surface area contributed by atoms with Crippen molar-refractivity contribution in [1.82, 2.24) is 0 Å². The molecule has 2 unspecified atom stereocenters. The first-order chi connectivity index (χ1) is 8.10. The first kappa shape index (κ1) is 13.5. The maximum Gasteiger partial charge on any atom is 0.132 e. The molecule has 1 rings (SSSR count). The minimum atomic E-state index is -0.535. The molecule has 0 aliphatic rings. The van der Waals surface area contributed by atoms with Gasteiger partial charge in [0.1, 0.15) is 17.7 Å². The molecule has 2 N–H and O–H groups in total. The van der Waals surface area contributed by atoms with Crippen LogP contribution in [-0.4, -0.2) is 20.3 Å². The van der Waals surface area contributed by atoms with Gasteiger partial charge in [0.2, 0.25) is 0 Å². The SMILES string of the molecule is C=CC(C)OC(N)c1cc(OC)cc(OC)c1. The summed E-state index contributed by atoms with van der Waals surface area (Å²) in [5, 5.41) is 0. The Morgan fingerprint density at radius 1 is 1.18 bits per heavy atom. The molecule has 0 fully saturated rings. The molecule has 17 heavy (non-hydrogen) atoms. The molecule has 0 aromatic heterocycles. The highest BCUT2D eigenvalue weighted by Gasteiger charge is 2.12. The molecule has 2 atom stereocenters. The van der Waals surface area contributed by atoms with Crippen LogP contribution < -0.4 is 15.2 Å². The van der Waals surface area contributed by atoms with Crippen LogP contribution in [0.1, 0.15) is 18.7 Å². The second-order valence-corrected chi connectivity index (χ2v) is 3.64. The zero-order chi connectivity index (χ0) is 12.8. The van der Waals surface area contributed by atoms with E-state index in [1.807, 2.05) is 19.1 Å². The third-order valence-electron chi connectivity index (χ3n) is 2.40. The fourth-order valence-corrected chi connectivity index (χ4v) is 1.36. The first-order valence-electron chi connectivity index (χ1n) is 5.37.